The van der Waals surface area contributed by atoms with E-state index in [2.05, 4.69) is 81.0 Å². The van der Waals surface area contributed by atoms with Crippen molar-refractivity contribution in [3.63, 3.8) is 0 Å². The molecule has 0 heterocycles. The number of fused-ring (bicyclic) bond motifs is 1. The van der Waals surface area contributed by atoms with Crippen LogP contribution in [0.5, 0.6) is 0 Å². The van der Waals surface area contributed by atoms with Crippen LogP contribution in [-0.4, -0.2) is 13.9 Å². The highest BCUT2D eigenvalue weighted by molar-refractivity contribution is 6.73. The summed E-state index contributed by atoms with van der Waals surface area (Å²) < 4.78 is 6.92. The van der Waals surface area contributed by atoms with Crippen molar-refractivity contribution in [2.75, 3.05) is 0 Å². The van der Waals surface area contributed by atoms with Gasteiger partial charge in [0, 0.05) is 0 Å². The lowest BCUT2D eigenvalue weighted by molar-refractivity contribution is 0.0704. The lowest BCUT2D eigenvalue weighted by Gasteiger charge is -2.44. The molecule has 3 saturated carbocycles. The molecule has 1 nitrogen and oxygen atoms in total. The Labute approximate surface area is 233 Å². The minimum Gasteiger partial charge on any atom is -0.412 e. The average Bonchev–Trinajstić information content (AvgIpc) is 3.22. The Bertz CT molecular complexity index is 806. The van der Waals surface area contributed by atoms with Gasteiger partial charge in [-0.1, -0.05) is 96.8 Å². The first-order valence-corrected chi connectivity index (χ1v) is 18.7. The topological polar surface area (TPSA) is 9.23 Å². The van der Waals surface area contributed by atoms with Crippen LogP contribution in [0.3, 0.4) is 0 Å². The van der Waals surface area contributed by atoms with Gasteiger partial charge in [0.25, 0.3) is 0 Å². The van der Waals surface area contributed by atoms with Gasteiger partial charge in [-0.2, -0.15) is 0 Å². The summed E-state index contributed by atoms with van der Waals surface area (Å²) in [4.78, 5) is 0. The molecule has 0 aromatic carbocycles. The highest BCUT2D eigenvalue weighted by Crippen LogP contribution is 2.60. The van der Waals surface area contributed by atoms with E-state index < -0.39 is 8.32 Å². The molecule has 0 saturated heterocycles. The van der Waals surface area contributed by atoms with Gasteiger partial charge in [0.2, 0.25) is 0 Å². The Morgan fingerprint density at radius 1 is 1.05 bits per heavy atom. The highest BCUT2D eigenvalue weighted by Gasteiger charge is 2.50. The van der Waals surface area contributed by atoms with Crippen LogP contribution in [-0.2, 0) is 4.43 Å². The third kappa shape index (κ3) is 7.13. The maximum absolute atomic E-state index is 6.92. The van der Waals surface area contributed by atoms with Crippen LogP contribution in [0.15, 0.2) is 35.5 Å². The second kappa shape index (κ2) is 12.7. The van der Waals surface area contributed by atoms with Crippen molar-refractivity contribution in [3.8, 4) is 0 Å². The van der Waals surface area contributed by atoms with E-state index in [0.717, 1.165) is 17.8 Å². The molecular weight excluding hydrogens is 464 g/mol. The Balaban J connectivity index is 1.60. The van der Waals surface area contributed by atoms with Crippen LogP contribution in [0.2, 0.25) is 18.1 Å². The predicted octanol–water partition coefficient (Wildman–Crippen LogP) is 11.3. The molecule has 0 amide bonds. The van der Waals surface area contributed by atoms with E-state index >= 15 is 0 Å². The van der Waals surface area contributed by atoms with Gasteiger partial charge in [-0.15, -0.1) is 0 Å². The minimum absolute atomic E-state index is 0.0325. The van der Waals surface area contributed by atoms with E-state index in [9.17, 15) is 0 Å². The Hall–Kier alpha value is -0.603. The van der Waals surface area contributed by atoms with Crippen molar-refractivity contribution in [2.45, 2.75) is 150 Å². The van der Waals surface area contributed by atoms with E-state index in [1.54, 1.807) is 11.1 Å². The summed E-state index contributed by atoms with van der Waals surface area (Å²) in [7, 11) is -1.55. The molecule has 0 aromatic heterocycles. The molecule has 2 unspecified atom stereocenters. The number of hydrogen-bond acceptors (Lipinski definition) is 1. The fraction of sp³-hybridized carbons (Fsp3) is 0.829. The lowest BCUT2D eigenvalue weighted by Crippen LogP contribution is -2.44. The molecule has 3 fully saturated rings. The number of allylic oxidation sites excluding steroid dienone is 5. The normalized spacial score (nSPS) is 33.1. The first-order valence-electron chi connectivity index (χ1n) is 16.2. The minimum atomic E-state index is -1.55. The summed E-state index contributed by atoms with van der Waals surface area (Å²) in [5, 5.41) is 0. The third-order valence-corrected chi connectivity index (χ3v) is 16.4. The van der Waals surface area contributed by atoms with Gasteiger partial charge < -0.3 is 4.43 Å². The molecule has 6 atom stereocenters. The molecule has 3 aliphatic rings. The smallest absolute Gasteiger partial charge is 0.192 e. The number of hydrogen-bond donors (Lipinski definition) is 0. The highest BCUT2D eigenvalue weighted by atomic mass is 28.4. The molecule has 2 heteroatoms. The van der Waals surface area contributed by atoms with Crippen molar-refractivity contribution in [1.29, 1.82) is 0 Å². The summed E-state index contributed by atoms with van der Waals surface area (Å²) in [6, 6.07) is 3.75. The first-order chi connectivity index (χ1) is 17.4. The quantitative estimate of drug-likeness (QED) is 0.192. The van der Waals surface area contributed by atoms with Gasteiger partial charge in [0.1, 0.15) is 0 Å². The largest absolute Gasteiger partial charge is 0.412 e. The fourth-order valence-electron chi connectivity index (χ4n) is 8.85. The summed E-state index contributed by atoms with van der Waals surface area (Å²) in [5.41, 5.74) is 5.42. The summed E-state index contributed by atoms with van der Waals surface area (Å²) >= 11 is 0. The van der Waals surface area contributed by atoms with E-state index in [1.807, 2.05) is 0 Å². The van der Waals surface area contributed by atoms with Gasteiger partial charge in [-0.3, -0.25) is 0 Å². The monoisotopic (exact) mass is 526 g/mol. The molecule has 0 spiro atoms. The summed E-state index contributed by atoms with van der Waals surface area (Å²) in [6.07, 6.45) is 18.4. The van der Waals surface area contributed by atoms with Crippen molar-refractivity contribution < 1.29 is 4.43 Å². The molecule has 212 valence electrons. The molecule has 0 aromatic rings. The van der Waals surface area contributed by atoms with Gasteiger partial charge >= 0.3 is 0 Å². The van der Waals surface area contributed by atoms with Crippen LogP contribution in [0.1, 0.15) is 127 Å². The van der Waals surface area contributed by atoms with Crippen LogP contribution in [0.4, 0.5) is 0 Å². The maximum atomic E-state index is 6.92. The average molecular weight is 527 g/mol. The van der Waals surface area contributed by atoms with Crippen molar-refractivity contribution in [3.05, 3.63) is 35.5 Å². The van der Waals surface area contributed by atoms with Crippen LogP contribution in [0.25, 0.3) is 0 Å². The SMILES string of the molecule is C=C1[C@H](C)CC(=C/C=C2\CCC[C@@]3(C)C2CCC3[C@@H](C)CCCC(C)(C)O[Si](CC)(CC)CC)C[C@H]1C. The van der Waals surface area contributed by atoms with Crippen LogP contribution in [0, 0.1) is 35.0 Å². The second-order valence-electron chi connectivity index (χ2n) is 14.4. The van der Waals surface area contributed by atoms with E-state index in [-0.39, 0.29) is 5.60 Å². The van der Waals surface area contributed by atoms with Crippen LogP contribution >= 0.6 is 0 Å². The van der Waals surface area contributed by atoms with Crippen molar-refractivity contribution >= 4 is 8.32 Å². The third-order valence-electron chi connectivity index (χ3n) is 11.5. The van der Waals surface area contributed by atoms with E-state index in [4.69, 9.17) is 4.43 Å². The fourth-order valence-corrected chi connectivity index (χ4v) is 12.1. The lowest BCUT2D eigenvalue weighted by atomic mass is 9.60. The van der Waals surface area contributed by atoms with Gasteiger partial charge in [-0.05, 0) is 118 Å². The Kier molecular flexibility index (Phi) is 10.6. The molecule has 0 aliphatic heterocycles. The molecular formula is C35H62OSi. The van der Waals surface area contributed by atoms with Gasteiger partial charge in [-0.25, -0.2) is 0 Å². The molecule has 37 heavy (non-hydrogen) atoms. The predicted molar refractivity (Wildman–Crippen MR) is 166 cm³/mol. The van der Waals surface area contributed by atoms with E-state index in [1.165, 1.54) is 87.9 Å². The summed E-state index contributed by atoms with van der Waals surface area (Å²) in [6.45, 7) is 26.1. The van der Waals surface area contributed by atoms with Crippen molar-refractivity contribution in [1.82, 2.24) is 0 Å². The molecule has 0 bridgehead atoms. The van der Waals surface area contributed by atoms with Crippen molar-refractivity contribution in [2.24, 2.45) is 35.0 Å². The molecule has 0 N–H and O–H groups in total. The standard InChI is InChI=1S/C35H62OSi/c1-11-37(12-2,13-3)36-34(8,9)22-14-16-26(4)32-20-21-33-31(17-15-23-35(32,33)10)19-18-30-24-27(5)29(7)28(6)25-30/h18-19,26-28,32-33H,7,11-17,20-25H2,1-6,8-10H3/b31-19+/t26-,27+,28+,32?,33?,35+/m0/s1. The zero-order chi connectivity index (χ0) is 27.4. The maximum Gasteiger partial charge on any atom is 0.192 e. The second-order valence-corrected chi connectivity index (χ2v) is 19.1. The molecule has 3 aliphatic carbocycles. The number of rotatable bonds is 11. The Morgan fingerprint density at radius 2 is 1.68 bits per heavy atom. The zero-order valence-corrected chi connectivity index (χ0v) is 27.3. The molecule has 3 rings (SSSR count). The summed E-state index contributed by atoms with van der Waals surface area (Å²) in [5.74, 6) is 3.79. The first kappa shape index (κ1) is 30.9. The van der Waals surface area contributed by atoms with E-state index in [0.29, 0.717) is 17.3 Å². The molecule has 0 radical (unpaired) electrons. The zero-order valence-electron chi connectivity index (χ0n) is 26.3. The van der Waals surface area contributed by atoms with Gasteiger partial charge in [0.15, 0.2) is 8.32 Å². The Morgan fingerprint density at radius 3 is 2.27 bits per heavy atom. The van der Waals surface area contributed by atoms with Crippen LogP contribution < -0.4 is 0 Å². The van der Waals surface area contributed by atoms with Gasteiger partial charge in [0.05, 0.1) is 5.60 Å².